The molecular weight excluding hydrogens is 310 g/mol. The number of esters is 1. The van der Waals surface area contributed by atoms with Gasteiger partial charge in [-0.25, -0.2) is 4.79 Å². The Labute approximate surface area is 140 Å². The molecule has 0 fully saturated rings. The summed E-state index contributed by atoms with van der Waals surface area (Å²) < 4.78 is 15.3. The van der Waals surface area contributed by atoms with Crippen LogP contribution in [0.15, 0.2) is 42.5 Å². The fraction of sp³-hybridized carbons (Fsp3) is 0.222. The normalized spacial score (nSPS) is 9.96. The Morgan fingerprint density at radius 3 is 2.42 bits per heavy atom. The van der Waals surface area contributed by atoms with E-state index in [2.05, 4.69) is 5.32 Å². The molecule has 0 radical (unpaired) electrons. The van der Waals surface area contributed by atoms with Crippen molar-refractivity contribution >= 4 is 17.6 Å². The summed E-state index contributed by atoms with van der Waals surface area (Å²) in [6.45, 7) is 1.98. The zero-order valence-corrected chi connectivity index (χ0v) is 13.8. The van der Waals surface area contributed by atoms with Gasteiger partial charge in [0, 0.05) is 6.07 Å². The molecule has 6 nitrogen and oxygen atoms in total. The SMILES string of the molecule is CCOC(=O)c1ccccc1NC(=O)c1ccc(OC)cc1OC. The van der Waals surface area contributed by atoms with Crippen LogP contribution in [0.25, 0.3) is 0 Å². The zero-order chi connectivity index (χ0) is 17.5. The highest BCUT2D eigenvalue weighted by molar-refractivity contribution is 6.09. The van der Waals surface area contributed by atoms with Crippen molar-refractivity contribution in [3.8, 4) is 11.5 Å². The first-order chi connectivity index (χ1) is 11.6. The van der Waals surface area contributed by atoms with Crippen molar-refractivity contribution in [3.05, 3.63) is 53.6 Å². The predicted octanol–water partition coefficient (Wildman–Crippen LogP) is 3.13. The van der Waals surface area contributed by atoms with Crippen molar-refractivity contribution in [2.45, 2.75) is 6.92 Å². The van der Waals surface area contributed by atoms with Gasteiger partial charge in [-0.2, -0.15) is 0 Å². The number of anilines is 1. The number of benzene rings is 2. The molecule has 0 aliphatic heterocycles. The van der Waals surface area contributed by atoms with Crippen LogP contribution in [0.3, 0.4) is 0 Å². The standard InChI is InChI=1S/C18H19NO5/c1-4-24-18(21)13-7-5-6-8-15(13)19-17(20)14-10-9-12(22-2)11-16(14)23-3/h5-11H,4H2,1-3H3,(H,19,20). The first-order valence-electron chi connectivity index (χ1n) is 7.40. The number of rotatable bonds is 6. The van der Waals surface area contributed by atoms with Gasteiger partial charge in [-0.15, -0.1) is 0 Å². The number of methoxy groups -OCH3 is 2. The molecular formula is C18H19NO5. The maximum absolute atomic E-state index is 12.5. The third-order valence-corrected chi connectivity index (χ3v) is 3.32. The minimum absolute atomic E-state index is 0.257. The third kappa shape index (κ3) is 3.84. The lowest BCUT2D eigenvalue weighted by Crippen LogP contribution is -2.16. The first kappa shape index (κ1) is 17.3. The van der Waals surface area contributed by atoms with Gasteiger partial charge in [-0.1, -0.05) is 12.1 Å². The van der Waals surface area contributed by atoms with Crippen molar-refractivity contribution in [2.75, 3.05) is 26.1 Å². The van der Waals surface area contributed by atoms with E-state index in [1.54, 1.807) is 49.4 Å². The Balaban J connectivity index is 2.29. The average Bonchev–Trinajstić information content (AvgIpc) is 2.61. The summed E-state index contributed by atoms with van der Waals surface area (Å²) in [5.74, 6) is 0.0668. The van der Waals surface area contributed by atoms with E-state index in [-0.39, 0.29) is 6.61 Å². The van der Waals surface area contributed by atoms with E-state index < -0.39 is 11.9 Å². The number of hydrogen-bond acceptors (Lipinski definition) is 5. The molecule has 0 aliphatic rings. The summed E-state index contributed by atoms with van der Waals surface area (Å²) in [5, 5.41) is 2.72. The van der Waals surface area contributed by atoms with Crippen LogP contribution in [0.5, 0.6) is 11.5 Å². The van der Waals surface area contributed by atoms with E-state index in [1.807, 2.05) is 0 Å². The summed E-state index contributed by atoms with van der Waals surface area (Å²) in [4.78, 5) is 24.5. The van der Waals surface area contributed by atoms with Gasteiger partial charge in [0.05, 0.1) is 37.6 Å². The zero-order valence-electron chi connectivity index (χ0n) is 13.8. The quantitative estimate of drug-likeness (QED) is 0.824. The fourth-order valence-corrected chi connectivity index (χ4v) is 2.15. The van der Waals surface area contributed by atoms with Gasteiger partial charge in [0.15, 0.2) is 0 Å². The predicted molar refractivity (Wildman–Crippen MR) is 89.9 cm³/mol. The highest BCUT2D eigenvalue weighted by Crippen LogP contribution is 2.26. The molecule has 0 heterocycles. The molecule has 6 heteroatoms. The maximum atomic E-state index is 12.5. The molecule has 2 aromatic carbocycles. The maximum Gasteiger partial charge on any atom is 0.340 e. The minimum atomic E-state index is -0.491. The van der Waals surface area contributed by atoms with Crippen LogP contribution < -0.4 is 14.8 Å². The summed E-state index contributed by atoms with van der Waals surface area (Å²) >= 11 is 0. The average molecular weight is 329 g/mol. The number of para-hydroxylation sites is 1. The summed E-state index contributed by atoms with van der Waals surface area (Å²) in [5.41, 5.74) is 0.996. The van der Waals surface area contributed by atoms with Crippen molar-refractivity contribution in [3.63, 3.8) is 0 Å². The largest absolute Gasteiger partial charge is 0.497 e. The van der Waals surface area contributed by atoms with E-state index in [0.29, 0.717) is 28.3 Å². The molecule has 0 saturated heterocycles. The van der Waals surface area contributed by atoms with E-state index in [4.69, 9.17) is 14.2 Å². The number of amides is 1. The lowest BCUT2D eigenvalue weighted by molar-refractivity contribution is 0.0527. The van der Waals surface area contributed by atoms with Crippen LogP contribution in [0.1, 0.15) is 27.6 Å². The van der Waals surface area contributed by atoms with Crippen molar-refractivity contribution in [1.82, 2.24) is 0 Å². The highest BCUT2D eigenvalue weighted by atomic mass is 16.5. The number of carbonyl (C=O) groups is 2. The molecule has 0 aliphatic carbocycles. The second-order valence-corrected chi connectivity index (χ2v) is 4.79. The highest BCUT2D eigenvalue weighted by Gasteiger charge is 2.17. The van der Waals surface area contributed by atoms with Crippen molar-refractivity contribution < 1.29 is 23.8 Å². The van der Waals surface area contributed by atoms with Crippen LogP contribution in [0, 0.1) is 0 Å². The first-order valence-corrected chi connectivity index (χ1v) is 7.40. The minimum Gasteiger partial charge on any atom is -0.497 e. The van der Waals surface area contributed by atoms with Gasteiger partial charge in [-0.3, -0.25) is 4.79 Å². The number of nitrogens with one attached hydrogen (secondary N) is 1. The molecule has 0 saturated carbocycles. The second-order valence-electron chi connectivity index (χ2n) is 4.79. The molecule has 24 heavy (non-hydrogen) atoms. The molecule has 1 N–H and O–H groups in total. The van der Waals surface area contributed by atoms with E-state index in [9.17, 15) is 9.59 Å². The molecule has 2 rings (SSSR count). The van der Waals surface area contributed by atoms with Crippen molar-refractivity contribution in [2.24, 2.45) is 0 Å². The van der Waals surface area contributed by atoms with Crippen LogP contribution in [0.2, 0.25) is 0 Å². The van der Waals surface area contributed by atoms with Gasteiger partial charge in [0.2, 0.25) is 0 Å². The number of carbonyl (C=O) groups excluding carboxylic acids is 2. The smallest absolute Gasteiger partial charge is 0.340 e. The van der Waals surface area contributed by atoms with Crippen LogP contribution in [0.4, 0.5) is 5.69 Å². The van der Waals surface area contributed by atoms with Gasteiger partial charge < -0.3 is 19.5 Å². The molecule has 126 valence electrons. The molecule has 0 aromatic heterocycles. The Kier molecular flexibility index (Phi) is 5.78. The van der Waals surface area contributed by atoms with E-state index >= 15 is 0 Å². The lowest BCUT2D eigenvalue weighted by Gasteiger charge is -2.13. The second kappa shape index (κ2) is 8.01. The number of ether oxygens (including phenoxy) is 3. The molecule has 2 aromatic rings. The van der Waals surface area contributed by atoms with Crippen LogP contribution in [-0.2, 0) is 4.74 Å². The fourth-order valence-electron chi connectivity index (χ4n) is 2.15. The van der Waals surface area contributed by atoms with E-state index in [0.717, 1.165) is 0 Å². The van der Waals surface area contributed by atoms with Crippen molar-refractivity contribution in [1.29, 1.82) is 0 Å². The molecule has 0 unspecified atom stereocenters. The molecule has 0 spiro atoms. The number of hydrogen-bond donors (Lipinski definition) is 1. The Morgan fingerprint density at radius 2 is 1.75 bits per heavy atom. The Bertz CT molecular complexity index is 742. The summed E-state index contributed by atoms with van der Waals surface area (Å²) in [6, 6.07) is 11.5. The Morgan fingerprint density at radius 1 is 1.00 bits per heavy atom. The van der Waals surface area contributed by atoms with Gasteiger partial charge in [-0.05, 0) is 31.2 Å². The molecule has 0 atom stereocenters. The summed E-state index contributed by atoms with van der Waals surface area (Å²) in [7, 11) is 3.00. The summed E-state index contributed by atoms with van der Waals surface area (Å²) in [6.07, 6.45) is 0. The molecule has 1 amide bonds. The van der Waals surface area contributed by atoms with Crippen LogP contribution >= 0.6 is 0 Å². The Hall–Kier alpha value is -3.02. The van der Waals surface area contributed by atoms with Crippen LogP contribution in [-0.4, -0.2) is 32.7 Å². The molecule has 0 bridgehead atoms. The third-order valence-electron chi connectivity index (χ3n) is 3.32. The van der Waals surface area contributed by atoms with E-state index in [1.165, 1.54) is 14.2 Å². The van der Waals surface area contributed by atoms with Gasteiger partial charge >= 0.3 is 5.97 Å². The topological polar surface area (TPSA) is 73.9 Å². The lowest BCUT2D eigenvalue weighted by atomic mass is 10.1. The monoisotopic (exact) mass is 329 g/mol. The van der Waals surface area contributed by atoms with Gasteiger partial charge in [0.1, 0.15) is 11.5 Å². The van der Waals surface area contributed by atoms with Gasteiger partial charge in [0.25, 0.3) is 5.91 Å².